The first-order valence-corrected chi connectivity index (χ1v) is 12.4. The molecule has 5 rings (SSSR count). The smallest absolute Gasteiger partial charge is 0.270 e. The van der Waals surface area contributed by atoms with Crippen molar-refractivity contribution in [2.45, 2.75) is 11.8 Å². The van der Waals surface area contributed by atoms with Crippen molar-refractivity contribution in [3.05, 3.63) is 101 Å². The van der Waals surface area contributed by atoms with E-state index in [1.807, 2.05) is 48.6 Å². The molecule has 2 heterocycles. The SMILES string of the molecule is CCN1C(=CC=C2SC(=S)N(c3ccccc3)C2=O)Sc2ccc(-c3ccccc3)cc21. The highest BCUT2D eigenvalue weighted by atomic mass is 32.2. The molecule has 0 bridgehead atoms. The molecule has 0 aliphatic carbocycles. The summed E-state index contributed by atoms with van der Waals surface area (Å²) in [6, 6.07) is 26.6. The Kier molecular flexibility index (Phi) is 5.91. The summed E-state index contributed by atoms with van der Waals surface area (Å²) in [5.41, 5.74) is 4.42. The average Bonchev–Trinajstić information content (AvgIpc) is 3.33. The minimum absolute atomic E-state index is 0.0713. The zero-order chi connectivity index (χ0) is 22.1. The van der Waals surface area contributed by atoms with Crippen LogP contribution in [0.3, 0.4) is 0 Å². The maximum Gasteiger partial charge on any atom is 0.270 e. The van der Waals surface area contributed by atoms with Crippen molar-refractivity contribution in [3.63, 3.8) is 0 Å². The standard InChI is InChI=1S/C26H20N2OS3/c1-2-27-21-17-19(18-9-5-3-6-10-18)13-14-22(21)31-24(27)16-15-23-25(29)28(26(30)32-23)20-11-7-4-8-12-20/h3-17H,2H2,1H3. The average molecular weight is 473 g/mol. The number of carbonyl (C=O) groups excluding carboxylic acids is 1. The van der Waals surface area contributed by atoms with Gasteiger partial charge in [-0.15, -0.1) is 0 Å². The number of para-hydroxylation sites is 1. The van der Waals surface area contributed by atoms with Crippen LogP contribution < -0.4 is 9.80 Å². The topological polar surface area (TPSA) is 23.6 Å². The number of thiocarbonyl (C=S) groups is 1. The Morgan fingerprint density at radius 3 is 2.31 bits per heavy atom. The summed E-state index contributed by atoms with van der Waals surface area (Å²) in [4.78, 5) is 18.8. The third kappa shape index (κ3) is 3.90. The van der Waals surface area contributed by atoms with Crippen LogP contribution >= 0.6 is 35.7 Å². The van der Waals surface area contributed by atoms with E-state index in [1.54, 1.807) is 16.7 Å². The van der Waals surface area contributed by atoms with Gasteiger partial charge in [0.15, 0.2) is 4.32 Å². The number of carbonyl (C=O) groups is 1. The first-order chi connectivity index (χ1) is 15.7. The highest BCUT2D eigenvalue weighted by Crippen LogP contribution is 2.47. The Bertz CT molecular complexity index is 1250. The third-order valence-corrected chi connectivity index (χ3v) is 7.79. The van der Waals surface area contributed by atoms with Gasteiger partial charge in [0.2, 0.25) is 0 Å². The summed E-state index contributed by atoms with van der Waals surface area (Å²) in [6.07, 6.45) is 3.94. The van der Waals surface area contributed by atoms with Crippen LogP contribution in [0.15, 0.2) is 106 Å². The highest BCUT2D eigenvalue weighted by molar-refractivity contribution is 8.27. The van der Waals surface area contributed by atoms with E-state index in [1.165, 1.54) is 33.5 Å². The van der Waals surface area contributed by atoms with Gasteiger partial charge in [0.25, 0.3) is 5.91 Å². The van der Waals surface area contributed by atoms with Crippen molar-refractivity contribution < 1.29 is 4.79 Å². The lowest BCUT2D eigenvalue weighted by molar-refractivity contribution is -0.113. The van der Waals surface area contributed by atoms with Gasteiger partial charge in [0, 0.05) is 11.4 Å². The van der Waals surface area contributed by atoms with Crippen molar-refractivity contribution in [1.82, 2.24) is 0 Å². The van der Waals surface area contributed by atoms with Crippen LogP contribution in [0.2, 0.25) is 0 Å². The molecule has 2 aliphatic rings. The van der Waals surface area contributed by atoms with Gasteiger partial charge in [-0.1, -0.05) is 90.3 Å². The van der Waals surface area contributed by atoms with Crippen molar-refractivity contribution >= 4 is 57.3 Å². The molecule has 0 saturated carbocycles. The summed E-state index contributed by atoms with van der Waals surface area (Å²) in [5.74, 6) is -0.0713. The normalized spacial score (nSPS) is 18.2. The molecule has 0 spiro atoms. The minimum Gasteiger partial charge on any atom is -0.335 e. The molecule has 158 valence electrons. The second-order valence-corrected chi connectivity index (χ2v) is 10.0. The second-order valence-electron chi connectivity index (χ2n) is 7.27. The molecule has 3 nitrogen and oxygen atoms in total. The van der Waals surface area contributed by atoms with Gasteiger partial charge >= 0.3 is 0 Å². The van der Waals surface area contributed by atoms with Gasteiger partial charge in [-0.3, -0.25) is 9.69 Å². The molecule has 6 heteroatoms. The molecule has 1 saturated heterocycles. The Balaban J connectivity index is 1.42. The predicted octanol–water partition coefficient (Wildman–Crippen LogP) is 7.08. The van der Waals surface area contributed by atoms with E-state index in [9.17, 15) is 4.79 Å². The van der Waals surface area contributed by atoms with Crippen molar-refractivity contribution in [3.8, 4) is 11.1 Å². The van der Waals surface area contributed by atoms with Crippen molar-refractivity contribution in [2.75, 3.05) is 16.3 Å². The molecule has 0 aromatic heterocycles. The largest absolute Gasteiger partial charge is 0.335 e. The maximum absolute atomic E-state index is 13.0. The van der Waals surface area contributed by atoms with Gasteiger partial charge in [-0.25, -0.2) is 0 Å². The Labute approximate surface area is 201 Å². The Morgan fingerprint density at radius 1 is 0.875 bits per heavy atom. The molecule has 1 fully saturated rings. The Hall–Kier alpha value is -2.80. The first kappa shape index (κ1) is 21.1. The maximum atomic E-state index is 13.0. The molecule has 0 unspecified atom stereocenters. The number of hydrogen-bond donors (Lipinski definition) is 0. The monoisotopic (exact) mass is 472 g/mol. The predicted molar refractivity (Wildman–Crippen MR) is 141 cm³/mol. The fraction of sp³-hybridized carbons (Fsp3) is 0.0769. The van der Waals surface area contributed by atoms with E-state index in [4.69, 9.17) is 12.2 Å². The summed E-state index contributed by atoms with van der Waals surface area (Å²) >= 11 is 8.56. The first-order valence-electron chi connectivity index (χ1n) is 10.3. The van der Waals surface area contributed by atoms with Gasteiger partial charge in [0.1, 0.15) is 0 Å². The van der Waals surface area contributed by atoms with Crippen LogP contribution in [0.4, 0.5) is 11.4 Å². The lowest BCUT2D eigenvalue weighted by Gasteiger charge is -2.18. The number of allylic oxidation sites excluding steroid dienone is 2. The molecular formula is C26H20N2OS3. The zero-order valence-corrected chi connectivity index (χ0v) is 19.8. The second kappa shape index (κ2) is 8.98. The van der Waals surface area contributed by atoms with Crippen LogP contribution in [0.5, 0.6) is 0 Å². The van der Waals surface area contributed by atoms with Crippen LogP contribution in [0.1, 0.15) is 6.92 Å². The van der Waals surface area contributed by atoms with E-state index in [2.05, 4.69) is 54.3 Å². The van der Waals surface area contributed by atoms with E-state index in [0.29, 0.717) is 9.23 Å². The number of nitrogens with zero attached hydrogens (tertiary/aromatic N) is 2. The van der Waals surface area contributed by atoms with Gasteiger partial charge in [-0.2, -0.15) is 0 Å². The van der Waals surface area contributed by atoms with E-state index >= 15 is 0 Å². The van der Waals surface area contributed by atoms with E-state index < -0.39 is 0 Å². The fourth-order valence-electron chi connectivity index (χ4n) is 3.79. The molecule has 1 amide bonds. The van der Waals surface area contributed by atoms with Crippen LogP contribution in [0.25, 0.3) is 11.1 Å². The lowest BCUT2D eigenvalue weighted by Crippen LogP contribution is -2.27. The molecular weight excluding hydrogens is 453 g/mol. The van der Waals surface area contributed by atoms with E-state index in [-0.39, 0.29) is 5.91 Å². The summed E-state index contributed by atoms with van der Waals surface area (Å²) in [7, 11) is 0. The number of rotatable bonds is 4. The summed E-state index contributed by atoms with van der Waals surface area (Å²) in [6.45, 7) is 3.00. The molecule has 32 heavy (non-hydrogen) atoms. The third-order valence-electron chi connectivity index (χ3n) is 5.34. The number of thioether (sulfide) groups is 2. The zero-order valence-electron chi connectivity index (χ0n) is 17.4. The van der Waals surface area contributed by atoms with Crippen LogP contribution in [-0.4, -0.2) is 16.8 Å². The summed E-state index contributed by atoms with van der Waals surface area (Å²) in [5, 5.41) is 1.11. The quantitative estimate of drug-likeness (QED) is 0.298. The lowest BCUT2D eigenvalue weighted by atomic mass is 10.0. The van der Waals surface area contributed by atoms with Crippen molar-refractivity contribution in [1.29, 1.82) is 0 Å². The number of benzene rings is 3. The molecule has 3 aromatic rings. The Morgan fingerprint density at radius 2 is 1.59 bits per heavy atom. The number of amides is 1. The molecule has 0 atom stereocenters. The number of fused-ring (bicyclic) bond motifs is 1. The van der Waals surface area contributed by atoms with Crippen molar-refractivity contribution in [2.24, 2.45) is 0 Å². The molecule has 0 N–H and O–H groups in total. The summed E-state index contributed by atoms with van der Waals surface area (Å²) < 4.78 is 0.563. The fourth-order valence-corrected chi connectivity index (χ4v) is 6.14. The van der Waals surface area contributed by atoms with Gasteiger partial charge in [0.05, 0.1) is 21.3 Å². The van der Waals surface area contributed by atoms with Crippen LogP contribution in [0, 0.1) is 0 Å². The van der Waals surface area contributed by atoms with Gasteiger partial charge in [-0.05, 0) is 54.5 Å². The van der Waals surface area contributed by atoms with Gasteiger partial charge < -0.3 is 4.90 Å². The molecule has 3 aromatic carbocycles. The van der Waals surface area contributed by atoms with E-state index in [0.717, 1.165) is 17.3 Å². The minimum atomic E-state index is -0.0713. The number of hydrogen-bond acceptors (Lipinski definition) is 5. The molecule has 2 aliphatic heterocycles. The highest BCUT2D eigenvalue weighted by Gasteiger charge is 2.33. The van der Waals surface area contributed by atoms with Crippen LogP contribution in [-0.2, 0) is 4.79 Å². The number of anilines is 2. The molecule has 0 radical (unpaired) electrons.